The molecule has 3 nitrogen and oxygen atoms in total. The third-order valence-electron chi connectivity index (χ3n) is 6.31. The van der Waals surface area contributed by atoms with Crippen molar-refractivity contribution < 1.29 is 14.0 Å². The third kappa shape index (κ3) is 16.1. The van der Waals surface area contributed by atoms with Gasteiger partial charge in [-0.1, -0.05) is 84.8 Å². The van der Waals surface area contributed by atoms with E-state index in [1.165, 1.54) is 64.7 Å². The fraction of sp³-hybridized carbons (Fsp3) is 0.885. The van der Waals surface area contributed by atoms with Gasteiger partial charge in [-0.2, -0.15) is 0 Å². The molecule has 0 aliphatic rings. The Balaban J connectivity index is 3.71. The van der Waals surface area contributed by atoms with E-state index in [9.17, 15) is 4.79 Å². The summed E-state index contributed by atoms with van der Waals surface area (Å²) in [6.07, 6.45) is 20.1. The van der Waals surface area contributed by atoms with E-state index in [4.69, 9.17) is 9.16 Å². The van der Waals surface area contributed by atoms with Gasteiger partial charge in [-0.15, -0.1) is 0 Å². The van der Waals surface area contributed by atoms with Crippen LogP contribution in [0.1, 0.15) is 118 Å². The number of allylic oxidation sites excluding steroid dienone is 1. The molecule has 0 aromatic rings. The molecule has 0 saturated carbocycles. The molecule has 178 valence electrons. The van der Waals surface area contributed by atoms with Crippen molar-refractivity contribution in [2.45, 2.75) is 142 Å². The standard InChI is InChI=1S/C26H52O3Si/c1-8-9-10-18-21-25(29-24(2)27)22-19-16-14-12-11-13-15-17-20-23-28-30(6,7)26(3,4)5/h16,19,25H,8-15,17-18,20-23H2,1-7H3/b19-16-/t25-/m1/s1. The lowest BCUT2D eigenvalue weighted by molar-refractivity contribution is -0.146. The van der Waals surface area contributed by atoms with Crippen LogP contribution in [0.5, 0.6) is 0 Å². The molecule has 0 aromatic carbocycles. The highest BCUT2D eigenvalue weighted by Gasteiger charge is 2.36. The van der Waals surface area contributed by atoms with Gasteiger partial charge >= 0.3 is 5.97 Å². The number of esters is 1. The molecule has 0 N–H and O–H groups in total. The first kappa shape index (κ1) is 29.4. The predicted octanol–water partition coefficient (Wildman–Crippen LogP) is 8.59. The van der Waals surface area contributed by atoms with Crippen molar-refractivity contribution in [1.82, 2.24) is 0 Å². The quantitative estimate of drug-likeness (QED) is 0.0926. The lowest BCUT2D eigenvalue weighted by Gasteiger charge is -2.36. The number of carbonyl (C=O) groups excluding carboxylic acids is 1. The molecule has 30 heavy (non-hydrogen) atoms. The van der Waals surface area contributed by atoms with E-state index in [-0.39, 0.29) is 12.1 Å². The molecule has 0 spiro atoms. The second kappa shape index (κ2) is 17.0. The Hall–Kier alpha value is -0.613. The molecule has 1 atom stereocenters. The number of rotatable bonds is 18. The van der Waals surface area contributed by atoms with E-state index in [1.54, 1.807) is 0 Å². The molecular formula is C26H52O3Si. The van der Waals surface area contributed by atoms with E-state index in [2.05, 4.69) is 52.9 Å². The van der Waals surface area contributed by atoms with Gasteiger partial charge in [0.1, 0.15) is 6.10 Å². The molecule has 0 fully saturated rings. The lowest BCUT2D eigenvalue weighted by Crippen LogP contribution is -2.40. The Morgan fingerprint density at radius 1 is 0.900 bits per heavy atom. The minimum absolute atomic E-state index is 0.0594. The summed E-state index contributed by atoms with van der Waals surface area (Å²) in [6.45, 7) is 16.2. The zero-order valence-corrected chi connectivity index (χ0v) is 22.4. The third-order valence-corrected chi connectivity index (χ3v) is 10.9. The average molecular weight is 441 g/mol. The molecule has 0 heterocycles. The van der Waals surface area contributed by atoms with Crippen LogP contribution >= 0.6 is 0 Å². The summed E-state index contributed by atoms with van der Waals surface area (Å²) >= 11 is 0. The minimum Gasteiger partial charge on any atom is -0.462 e. The molecule has 4 heteroatoms. The lowest BCUT2D eigenvalue weighted by atomic mass is 10.1. The van der Waals surface area contributed by atoms with E-state index in [0.717, 1.165) is 32.3 Å². The van der Waals surface area contributed by atoms with Gasteiger partial charge in [-0.3, -0.25) is 4.79 Å². The van der Waals surface area contributed by atoms with Crippen molar-refractivity contribution in [3.05, 3.63) is 12.2 Å². The average Bonchev–Trinajstić information content (AvgIpc) is 2.64. The highest BCUT2D eigenvalue weighted by molar-refractivity contribution is 6.74. The molecule has 0 aliphatic heterocycles. The van der Waals surface area contributed by atoms with Crippen molar-refractivity contribution in [3.8, 4) is 0 Å². The van der Waals surface area contributed by atoms with Gasteiger partial charge in [0.2, 0.25) is 0 Å². The predicted molar refractivity (Wildman–Crippen MR) is 134 cm³/mol. The highest BCUT2D eigenvalue weighted by Crippen LogP contribution is 2.36. The smallest absolute Gasteiger partial charge is 0.302 e. The first-order chi connectivity index (χ1) is 14.1. The Morgan fingerprint density at radius 2 is 1.50 bits per heavy atom. The minimum atomic E-state index is -1.56. The summed E-state index contributed by atoms with van der Waals surface area (Å²) in [6, 6.07) is 0. The summed E-state index contributed by atoms with van der Waals surface area (Å²) in [5.74, 6) is -0.154. The van der Waals surface area contributed by atoms with Gasteiger partial charge in [-0.05, 0) is 50.2 Å². The fourth-order valence-corrected chi connectivity index (χ4v) is 4.33. The second-order valence-electron chi connectivity index (χ2n) is 10.3. The van der Waals surface area contributed by atoms with Crippen LogP contribution in [0, 0.1) is 0 Å². The summed E-state index contributed by atoms with van der Waals surface area (Å²) in [4.78, 5) is 11.3. The van der Waals surface area contributed by atoms with Gasteiger partial charge in [0.25, 0.3) is 0 Å². The van der Waals surface area contributed by atoms with Crippen molar-refractivity contribution in [2.75, 3.05) is 6.61 Å². The van der Waals surface area contributed by atoms with Crippen molar-refractivity contribution in [1.29, 1.82) is 0 Å². The summed E-state index contributed by atoms with van der Waals surface area (Å²) in [5.41, 5.74) is 0. The van der Waals surface area contributed by atoms with E-state index < -0.39 is 8.32 Å². The first-order valence-electron chi connectivity index (χ1n) is 12.6. The topological polar surface area (TPSA) is 35.5 Å². The molecule has 0 unspecified atom stereocenters. The molecular weight excluding hydrogens is 388 g/mol. The van der Waals surface area contributed by atoms with Crippen LogP contribution in [0.15, 0.2) is 12.2 Å². The van der Waals surface area contributed by atoms with E-state index >= 15 is 0 Å². The van der Waals surface area contributed by atoms with Crippen molar-refractivity contribution in [3.63, 3.8) is 0 Å². The molecule has 0 radical (unpaired) electrons. The largest absolute Gasteiger partial charge is 0.462 e. The van der Waals surface area contributed by atoms with Crippen LogP contribution in [-0.4, -0.2) is 27.0 Å². The van der Waals surface area contributed by atoms with Crippen LogP contribution in [0.25, 0.3) is 0 Å². The number of unbranched alkanes of at least 4 members (excludes halogenated alkanes) is 9. The van der Waals surface area contributed by atoms with Crippen LogP contribution < -0.4 is 0 Å². The molecule has 0 amide bonds. The molecule has 0 aromatic heterocycles. The summed E-state index contributed by atoms with van der Waals surface area (Å²) in [5, 5.41) is 0.313. The van der Waals surface area contributed by atoms with Crippen LogP contribution in [0.2, 0.25) is 18.1 Å². The maximum atomic E-state index is 11.3. The Bertz CT molecular complexity index is 452. The molecule has 0 aliphatic carbocycles. The summed E-state index contributed by atoms with van der Waals surface area (Å²) in [7, 11) is -1.56. The number of hydrogen-bond donors (Lipinski definition) is 0. The van der Waals surface area contributed by atoms with Gasteiger partial charge in [0.15, 0.2) is 8.32 Å². The molecule has 0 saturated heterocycles. The SMILES string of the molecule is CCCCCC[C@H](C/C=C\CCCCCCCCO[Si](C)(C)C(C)(C)C)OC(C)=O. The number of ether oxygens (including phenoxy) is 1. The van der Waals surface area contributed by atoms with Gasteiger partial charge in [0, 0.05) is 20.0 Å². The zero-order chi connectivity index (χ0) is 22.9. The monoisotopic (exact) mass is 440 g/mol. The maximum absolute atomic E-state index is 11.3. The van der Waals surface area contributed by atoms with E-state index in [0.29, 0.717) is 5.04 Å². The maximum Gasteiger partial charge on any atom is 0.302 e. The van der Waals surface area contributed by atoms with Crippen molar-refractivity contribution >= 4 is 14.3 Å². The number of hydrogen-bond acceptors (Lipinski definition) is 3. The Morgan fingerprint density at radius 3 is 2.10 bits per heavy atom. The van der Waals surface area contributed by atoms with Gasteiger partial charge in [0.05, 0.1) is 0 Å². The fourth-order valence-electron chi connectivity index (χ4n) is 3.24. The first-order valence-corrected chi connectivity index (χ1v) is 15.5. The van der Waals surface area contributed by atoms with Crippen LogP contribution in [0.3, 0.4) is 0 Å². The van der Waals surface area contributed by atoms with Gasteiger partial charge in [-0.25, -0.2) is 0 Å². The summed E-state index contributed by atoms with van der Waals surface area (Å²) < 4.78 is 11.7. The Kier molecular flexibility index (Phi) is 16.7. The number of carbonyl (C=O) groups is 1. The normalized spacial score (nSPS) is 13.7. The molecule has 0 rings (SSSR count). The van der Waals surface area contributed by atoms with Crippen LogP contribution in [0.4, 0.5) is 0 Å². The van der Waals surface area contributed by atoms with E-state index in [1.807, 2.05) is 0 Å². The Labute approximate surface area is 189 Å². The zero-order valence-electron chi connectivity index (χ0n) is 21.4. The van der Waals surface area contributed by atoms with Crippen LogP contribution in [-0.2, 0) is 14.0 Å². The molecule has 0 bridgehead atoms. The van der Waals surface area contributed by atoms with Gasteiger partial charge < -0.3 is 9.16 Å². The second-order valence-corrected chi connectivity index (χ2v) is 15.1. The highest BCUT2D eigenvalue weighted by atomic mass is 28.4. The van der Waals surface area contributed by atoms with Crippen molar-refractivity contribution in [2.24, 2.45) is 0 Å².